The van der Waals surface area contributed by atoms with E-state index in [-0.39, 0.29) is 0 Å². The average Bonchev–Trinajstić information content (AvgIpc) is 2.69. The van der Waals surface area contributed by atoms with Crippen molar-refractivity contribution in [2.45, 2.75) is 19.9 Å². The standard InChI is InChI=1S/C20H25N3O5/c1-5-21-20(25)23-19(24)13(2)22-14-6-11-17(27-4)18(12-14)28-16-9-7-15(26-3)8-10-16/h6-13,22H,5H2,1-4H3,(H2,21,23,24,25). The van der Waals surface area contributed by atoms with Crippen LogP contribution in [0.2, 0.25) is 0 Å². The fourth-order valence-electron chi connectivity index (χ4n) is 2.36. The molecule has 2 rings (SSSR count). The highest BCUT2D eigenvalue weighted by atomic mass is 16.5. The number of urea groups is 1. The summed E-state index contributed by atoms with van der Waals surface area (Å²) < 4.78 is 16.4. The number of benzene rings is 2. The van der Waals surface area contributed by atoms with Gasteiger partial charge in [-0.2, -0.15) is 0 Å². The van der Waals surface area contributed by atoms with Gasteiger partial charge in [0.05, 0.1) is 14.2 Å². The first-order valence-electron chi connectivity index (χ1n) is 8.82. The van der Waals surface area contributed by atoms with E-state index in [4.69, 9.17) is 14.2 Å². The zero-order valence-corrected chi connectivity index (χ0v) is 16.4. The third kappa shape index (κ3) is 5.80. The minimum absolute atomic E-state index is 0.436. The second-order valence-corrected chi connectivity index (χ2v) is 5.86. The van der Waals surface area contributed by atoms with E-state index in [0.717, 1.165) is 5.75 Å². The molecule has 3 N–H and O–H groups in total. The van der Waals surface area contributed by atoms with Crippen LogP contribution in [-0.2, 0) is 4.79 Å². The molecule has 0 bridgehead atoms. The molecule has 0 aliphatic rings. The molecule has 1 unspecified atom stereocenters. The fraction of sp³-hybridized carbons (Fsp3) is 0.300. The van der Waals surface area contributed by atoms with Crippen molar-refractivity contribution in [1.29, 1.82) is 0 Å². The van der Waals surface area contributed by atoms with Gasteiger partial charge in [0.2, 0.25) is 5.91 Å². The monoisotopic (exact) mass is 387 g/mol. The quantitative estimate of drug-likeness (QED) is 0.644. The van der Waals surface area contributed by atoms with Crippen LogP contribution in [0.15, 0.2) is 42.5 Å². The summed E-state index contributed by atoms with van der Waals surface area (Å²) in [7, 11) is 3.14. The van der Waals surface area contributed by atoms with Crippen molar-refractivity contribution in [2.24, 2.45) is 0 Å². The molecular formula is C20H25N3O5. The third-order valence-corrected chi connectivity index (χ3v) is 3.80. The molecule has 150 valence electrons. The number of carbonyl (C=O) groups is 2. The number of carbonyl (C=O) groups excluding carboxylic acids is 2. The Morgan fingerprint density at radius 2 is 1.64 bits per heavy atom. The number of hydrogen-bond acceptors (Lipinski definition) is 6. The number of methoxy groups -OCH3 is 2. The third-order valence-electron chi connectivity index (χ3n) is 3.80. The summed E-state index contributed by atoms with van der Waals surface area (Å²) in [5.41, 5.74) is 0.642. The van der Waals surface area contributed by atoms with Crippen LogP contribution in [-0.4, -0.2) is 38.7 Å². The maximum Gasteiger partial charge on any atom is 0.321 e. The van der Waals surface area contributed by atoms with Crippen LogP contribution in [0.5, 0.6) is 23.0 Å². The zero-order valence-electron chi connectivity index (χ0n) is 16.4. The molecule has 28 heavy (non-hydrogen) atoms. The smallest absolute Gasteiger partial charge is 0.321 e. The van der Waals surface area contributed by atoms with E-state index < -0.39 is 18.0 Å². The predicted molar refractivity (Wildman–Crippen MR) is 106 cm³/mol. The van der Waals surface area contributed by atoms with E-state index in [1.807, 2.05) is 0 Å². The van der Waals surface area contributed by atoms with Gasteiger partial charge >= 0.3 is 6.03 Å². The highest BCUT2D eigenvalue weighted by Crippen LogP contribution is 2.34. The van der Waals surface area contributed by atoms with Crippen LogP contribution in [0.4, 0.5) is 10.5 Å². The molecule has 0 aliphatic heterocycles. The summed E-state index contributed by atoms with van der Waals surface area (Å²) in [6.45, 7) is 3.86. The van der Waals surface area contributed by atoms with E-state index in [1.165, 1.54) is 0 Å². The van der Waals surface area contributed by atoms with E-state index >= 15 is 0 Å². The maximum atomic E-state index is 12.1. The lowest BCUT2D eigenvalue weighted by Gasteiger charge is -2.17. The first kappa shape index (κ1) is 20.9. The first-order valence-corrected chi connectivity index (χ1v) is 8.82. The zero-order chi connectivity index (χ0) is 20.5. The molecule has 3 amide bonds. The number of nitrogens with one attached hydrogen (secondary N) is 3. The van der Waals surface area contributed by atoms with Crippen molar-refractivity contribution >= 4 is 17.6 Å². The average molecular weight is 387 g/mol. The van der Waals surface area contributed by atoms with Crippen molar-refractivity contribution in [2.75, 3.05) is 26.1 Å². The van der Waals surface area contributed by atoms with Gasteiger partial charge in [-0.05, 0) is 50.2 Å². The Hall–Kier alpha value is -3.42. The van der Waals surface area contributed by atoms with Crippen LogP contribution < -0.4 is 30.2 Å². The summed E-state index contributed by atoms with van der Waals surface area (Å²) >= 11 is 0. The number of anilines is 1. The van der Waals surface area contributed by atoms with Gasteiger partial charge in [0.1, 0.15) is 17.5 Å². The summed E-state index contributed by atoms with van der Waals surface area (Å²) in [5.74, 6) is 1.91. The maximum absolute atomic E-state index is 12.1. The number of amides is 3. The lowest BCUT2D eigenvalue weighted by Crippen LogP contribution is -2.45. The predicted octanol–water partition coefficient (Wildman–Crippen LogP) is 3.14. The van der Waals surface area contributed by atoms with E-state index in [2.05, 4.69) is 16.0 Å². The number of hydrogen-bond donors (Lipinski definition) is 3. The second kappa shape index (κ2) is 10.1. The van der Waals surface area contributed by atoms with Gasteiger partial charge in [-0.15, -0.1) is 0 Å². The minimum atomic E-state index is -0.634. The normalized spacial score (nSPS) is 11.1. The lowest BCUT2D eigenvalue weighted by molar-refractivity contribution is -0.120. The van der Waals surface area contributed by atoms with Crippen molar-refractivity contribution in [3.05, 3.63) is 42.5 Å². The number of imide groups is 1. The van der Waals surface area contributed by atoms with Gasteiger partial charge in [-0.1, -0.05) is 0 Å². The molecule has 0 heterocycles. The van der Waals surface area contributed by atoms with Crippen LogP contribution in [0, 0.1) is 0 Å². The van der Waals surface area contributed by atoms with E-state index in [0.29, 0.717) is 29.5 Å². The molecule has 0 saturated carbocycles. The SMILES string of the molecule is CCNC(=O)NC(=O)C(C)Nc1ccc(OC)c(Oc2ccc(OC)cc2)c1. The van der Waals surface area contributed by atoms with Crippen LogP contribution in [0.25, 0.3) is 0 Å². The summed E-state index contributed by atoms with van der Waals surface area (Å²) in [4.78, 5) is 23.6. The molecule has 8 nitrogen and oxygen atoms in total. The molecule has 0 aromatic heterocycles. The van der Waals surface area contributed by atoms with Crippen molar-refractivity contribution in [3.63, 3.8) is 0 Å². The van der Waals surface area contributed by atoms with Gasteiger partial charge in [-0.3, -0.25) is 10.1 Å². The molecule has 1 atom stereocenters. The minimum Gasteiger partial charge on any atom is -0.497 e. The molecule has 0 fully saturated rings. The van der Waals surface area contributed by atoms with Gasteiger partial charge in [-0.25, -0.2) is 4.79 Å². The Balaban J connectivity index is 2.10. The van der Waals surface area contributed by atoms with Crippen molar-refractivity contribution in [1.82, 2.24) is 10.6 Å². The highest BCUT2D eigenvalue weighted by Gasteiger charge is 2.16. The van der Waals surface area contributed by atoms with Crippen LogP contribution in [0.1, 0.15) is 13.8 Å². The van der Waals surface area contributed by atoms with Gasteiger partial charge in [0.25, 0.3) is 0 Å². The highest BCUT2D eigenvalue weighted by molar-refractivity contribution is 5.98. The summed E-state index contributed by atoms with van der Waals surface area (Å²) in [6, 6.07) is 11.2. The first-order chi connectivity index (χ1) is 13.5. The Morgan fingerprint density at radius 3 is 2.25 bits per heavy atom. The number of rotatable bonds is 8. The molecule has 0 radical (unpaired) electrons. The van der Waals surface area contributed by atoms with Crippen LogP contribution >= 0.6 is 0 Å². The Bertz CT molecular complexity index is 808. The molecule has 0 spiro atoms. The van der Waals surface area contributed by atoms with E-state index in [1.54, 1.807) is 70.5 Å². The Labute approximate surface area is 164 Å². The Morgan fingerprint density at radius 1 is 0.964 bits per heavy atom. The summed E-state index contributed by atoms with van der Waals surface area (Å²) in [6.07, 6.45) is 0. The molecule has 0 saturated heterocycles. The largest absolute Gasteiger partial charge is 0.497 e. The molecule has 8 heteroatoms. The Kier molecular flexibility index (Phi) is 7.50. The van der Waals surface area contributed by atoms with E-state index in [9.17, 15) is 9.59 Å². The van der Waals surface area contributed by atoms with Crippen molar-refractivity contribution < 1.29 is 23.8 Å². The second-order valence-electron chi connectivity index (χ2n) is 5.86. The van der Waals surface area contributed by atoms with Crippen LogP contribution in [0.3, 0.4) is 0 Å². The fourth-order valence-corrected chi connectivity index (χ4v) is 2.36. The lowest BCUT2D eigenvalue weighted by atomic mass is 10.2. The molecule has 0 aliphatic carbocycles. The molecule has 2 aromatic carbocycles. The topological polar surface area (TPSA) is 97.9 Å². The van der Waals surface area contributed by atoms with Gasteiger partial charge in [0, 0.05) is 18.3 Å². The van der Waals surface area contributed by atoms with Crippen molar-refractivity contribution in [3.8, 4) is 23.0 Å². The molecule has 2 aromatic rings. The van der Waals surface area contributed by atoms with Gasteiger partial charge < -0.3 is 24.8 Å². The summed E-state index contributed by atoms with van der Waals surface area (Å²) in [5, 5.41) is 7.82. The number of ether oxygens (including phenoxy) is 3. The molecular weight excluding hydrogens is 362 g/mol. The van der Waals surface area contributed by atoms with Gasteiger partial charge in [0.15, 0.2) is 11.5 Å².